The van der Waals surface area contributed by atoms with Gasteiger partial charge < -0.3 is 9.88 Å². The van der Waals surface area contributed by atoms with Gasteiger partial charge in [0.15, 0.2) is 11.0 Å². The van der Waals surface area contributed by atoms with Crippen molar-refractivity contribution in [1.82, 2.24) is 29.4 Å². The van der Waals surface area contributed by atoms with Crippen molar-refractivity contribution < 1.29 is 22.4 Å². The summed E-state index contributed by atoms with van der Waals surface area (Å²) in [4.78, 5) is 27.4. The molecule has 0 radical (unpaired) electrons. The van der Waals surface area contributed by atoms with Crippen LogP contribution in [0.3, 0.4) is 0 Å². The molecule has 15 heteroatoms. The first-order valence-corrected chi connectivity index (χ1v) is 18.1. The monoisotopic (exact) mass is 681 g/mol. The van der Waals surface area contributed by atoms with E-state index in [0.29, 0.717) is 36.1 Å². The number of hydrogen-bond donors (Lipinski definition) is 1. The van der Waals surface area contributed by atoms with Gasteiger partial charge in [0.05, 0.1) is 33.8 Å². The highest BCUT2D eigenvalue weighted by Crippen LogP contribution is 2.34. The predicted molar refractivity (Wildman–Crippen MR) is 173 cm³/mol. The fourth-order valence-electron chi connectivity index (χ4n) is 5.39. The van der Waals surface area contributed by atoms with Crippen LogP contribution < -0.4 is 5.32 Å². The van der Waals surface area contributed by atoms with E-state index in [0.717, 1.165) is 35.4 Å². The van der Waals surface area contributed by atoms with E-state index in [2.05, 4.69) is 20.6 Å². The summed E-state index contributed by atoms with van der Waals surface area (Å²) < 4.78 is 42.6. The highest BCUT2D eigenvalue weighted by atomic mass is 32.2. The van der Waals surface area contributed by atoms with E-state index in [4.69, 9.17) is 0 Å². The molecule has 46 heavy (non-hydrogen) atoms. The number of thiophene rings is 1. The zero-order valence-corrected chi connectivity index (χ0v) is 27.5. The number of sulfonamides is 1. The average molecular weight is 682 g/mol. The summed E-state index contributed by atoms with van der Waals surface area (Å²) in [5, 5.41) is 19.7. The summed E-state index contributed by atoms with van der Waals surface area (Å²) in [7, 11) is -1.83. The Morgan fingerprint density at radius 1 is 1.02 bits per heavy atom. The van der Waals surface area contributed by atoms with Crippen LogP contribution in [0.4, 0.5) is 4.39 Å². The van der Waals surface area contributed by atoms with Crippen LogP contribution in [0.2, 0.25) is 0 Å². The molecular weight excluding hydrogens is 650 g/mol. The molecule has 0 aliphatic carbocycles. The van der Waals surface area contributed by atoms with Crippen LogP contribution in [0, 0.1) is 5.82 Å². The smallest absolute Gasteiger partial charge is 0.253 e. The number of hydrogen-bond acceptors (Lipinski definition) is 9. The Bertz CT molecular complexity index is 1840. The number of thioether (sulfide) groups is 1. The molecule has 2 aliphatic rings. The molecule has 2 aromatic heterocycles. The van der Waals surface area contributed by atoms with E-state index < -0.39 is 10.0 Å². The molecular formula is C31H32FN7O4S3. The number of rotatable bonds is 10. The molecule has 0 bridgehead atoms. The quantitative estimate of drug-likeness (QED) is 0.243. The SMILES string of the molecule is Cn1c(CNC(=O)c2ccc(S(=O)(=O)N3CCCCC3)cc2)nnc1SCC(=O)N1N=C(c2cccs2)C[C@H]1c1ccc(F)cc1. The van der Waals surface area contributed by atoms with Crippen molar-refractivity contribution >= 4 is 50.6 Å². The van der Waals surface area contributed by atoms with E-state index in [1.165, 1.54) is 57.5 Å². The summed E-state index contributed by atoms with van der Waals surface area (Å²) in [6, 6.07) is 15.6. The summed E-state index contributed by atoms with van der Waals surface area (Å²) in [5.74, 6) is -0.426. The Hall–Kier alpha value is -3.92. The molecule has 1 fully saturated rings. The Kier molecular flexibility index (Phi) is 9.63. The lowest BCUT2D eigenvalue weighted by molar-refractivity contribution is -0.130. The molecule has 0 unspecified atom stereocenters. The topological polar surface area (TPSA) is 130 Å². The largest absolute Gasteiger partial charge is 0.345 e. The number of hydrazone groups is 1. The van der Waals surface area contributed by atoms with Gasteiger partial charge in [0.25, 0.3) is 11.8 Å². The maximum Gasteiger partial charge on any atom is 0.253 e. The number of halogens is 1. The first-order valence-electron chi connectivity index (χ1n) is 14.8. The Morgan fingerprint density at radius 2 is 1.76 bits per heavy atom. The van der Waals surface area contributed by atoms with E-state index in [1.807, 2.05) is 17.5 Å². The van der Waals surface area contributed by atoms with Crippen molar-refractivity contribution in [2.75, 3.05) is 18.8 Å². The average Bonchev–Trinajstić information content (AvgIpc) is 3.84. The third kappa shape index (κ3) is 6.92. The molecule has 1 saturated heterocycles. The third-order valence-electron chi connectivity index (χ3n) is 7.95. The van der Waals surface area contributed by atoms with Gasteiger partial charge in [-0.25, -0.2) is 17.8 Å². The first kappa shape index (κ1) is 32.0. The minimum atomic E-state index is -3.58. The highest BCUT2D eigenvalue weighted by molar-refractivity contribution is 7.99. The molecule has 6 rings (SSSR count). The van der Waals surface area contributed by atoms with Gasteiger partial charge in [-0.05, 0) is 66.2 Å². The Labute approximate surface area is 274 Å². The van der Waals surface area contributed by atoms with Crippen molar-refractivity contribution in [2.24, 2.45) is 12.1 Å². The van der Waals surface area contributed by atoms with E-state index in [1.54, 1.807) is 35.1 Å². The molecule has 1 atom stereocenters. The van der Waals surface area contributed by atoms with Gasteiger partial charge in [-0.1, -0.05) is 36.4 Å². The number of carbonyl (C=O) groups is 2. The number of amides is 2. The summed E-state index contributed by atoms with van der Waals surface area (Å²) >= 11 is 2.75. The van der Waals surface area contributed by atoms with Crippen LogP contribution in [-0.4, -0.2) is 68.9 Å². The fraction of sp³-hybridized carbons (Fsp3) is 0.323. The Balaban J connectivity index is 1.06. The molecule has 0 saturated carbocycles. The molecule has 240 valence electrons. The zero-order chi connectivity index (χ0) is 32.3. The Morgan fingerprint density at radius 3 is 2.46 bits per heavy atom. The number of aromatic nitrogens is 3. The lowest BCUT2D eigenvalue weighted by Gasteiger charge is -2.25. The molecule has 11 nitrogen and oxygen atoms in total. The van der Waals surface area contributed by atoms with Crippen molar-refractivity contribution in [3.8, 4) is 0 Å². The van der Waals surface area contributed by atoms with Gasteiger partial charge in [0, 0.05) is 32.1 Å². The summed E-state index contributed by atoms with van der Waals surface area (Å²) in [6.07, 6.45) is 3.24. The number of nitrogens with zero attached hydrogens (tertiary/aromatic N) is 6. The van der Waals surface area contributed by atoms with Gasteiger partial charge in [0.2, 0.25) is 10.0 Å². The third-order valence-corrected chi connectivity index (χ3v) is 11.8. The second kappa shape index (κ2) is 13.8. The summed E-state index contributed by atoms with van der Waals surface area (Å²) in [5.41, 5.74) is 1.92. The molecule has 1 N–H and O–H groups in total. The van der Waals surface area contributed by atoms with E-state index in [-0.39, 0.29) is 40.9 Å². The maximum atomic E-state index is 13.6. The van der Waals surface area contributed by atoms with Crippen LogP contribution in [0.1, 0.15) is 58.3 Å². The minimum absolute atomic E-state index is 0.0456. The number of piperidine rings is 1. The van der Waals surface area contributed by atoms with Crippen molar-refractivity contribution in [1.29, 1.82) is 0 Å². The predicted octanol–water partition coefficient (Wildman–Crippen LogP) is 4.59. The number of benzene rings is 2. The molecule has 2 aromatic carbocycles. The van der Waals surface area contributed by atoms with Crippen LogP contribution in [0.25, 0.3) is 0 Å². The minimum Gasteiger partial charge on any atom is -0.345 e. The van der Waals surface area contributed by atoms with Gasteiger partial charge in [-0.2, -0.15) is 9.41 Å². The first-order chi connectivity index (χ1) is 22.2. The number of nitrogens with one attached hydrogen (secondary N) is 1. The zero-order valence-electron chi connectivity index (χ0n) is 25.0. The van der Waals surface area contributed by atoms with Crippen molar-refractivity contribution in [2.45, 2.75) is 48.3 Å². The molecule has 4 aromatic rings. The van der Waals surface area contributed by atoms with Crippen molar-refractivity contribution in [3.63, 3.8) is 0 Å². The van der Waals surface area contributed by atoms with Crippen LogP contribution >= 0.6 is 23.1 Å². The van der Waals surface area contributed by atoms with E-state index >= 15 is 0 Å². The van der Waals surface area contributed by atoms with Gasteiger partial charge in [-0.15, -0.1) is 21.5 Å². The molecule has 2 amide bonds. The van der Waals surface area contributed by atoms with Crippen molar-refractivity contribution in [3.05, 3.63) is 93.7 Å². The van der Waals surface area contributed by atoms with E-state index in [9.17, 15) is 22.4 Å². The normalized spacial score (nSPS) is 17.2. The molecule has 4 heterocycles. The molecule has 2 aliphatic heterocycles. The summed E-state index contributed by atoms with van der Waals surface area (Å²) in [6.45, 7) is 1.10. The highest BCUT2D eigenvalue weighted by Gasteiger charge is 2.33. The molecule has 0 spiro atoms. The van der Waals surface area contributed by atoms with Crippen LogP contribution in [0.15, 0.2) is 81.2 Å². The van der Waals surface area contributed by atoms with Gasteiger partial charge >= 0.3 is 0 Å². The van der Waals surface area contributed by atoms with Gasteiger partial charge in [0.1, 0.15) is 5.82 Å². The van der Waals surface area contributed by atoms with Crippen LogP contribution in [0.5, 0.6) is 0 Å². The van der Waals surface area contributed by atoms with Gasteiger partial charge in [-0.3, -0.25) is 9.59 Å². The lowest BCUT2D eigenvalue weighted by Crippen LogP contribution is -2.35. The standard InChI is InChI=1S/C31H32FN7O4S3/c1-37-28(19-33-30(41)22-9-13-24(14-10-22)46(42,43)38-15-3-2-4-16-38)34-35-31(37)45-20-29(40)39-26(21-7-11-23(32)12-8-21)18-25(36-39)27-6-5-17-44-27/h5-14,17,26H,2-4,15-16,18-20H2,1H3,(H,33,41)/t26-/m0/s1. The maximum absolute atomic E-state index is 13.6. The fourth-order valence-corrected chi connectivity index (χ4v) is 8.41. The second-order valence-electron chi connectivity index (χ2n) is 11.0. The van der Waals surface area contributed by atoms with Crippen LogP contribution in [-0.2, 0) is 28.4 Å². The second-order valence-corrected chi connectivity index (χ2v) is 14.8. The number of carbonyl (C=O) groups excluding carboxylic acids is 2. The lowest BCUT2D eigenvalue weighted by atomic mass is 10.0.